The summed E-state index contributed by atoms with van der Waals surface area (Å²) in [5.74, 6) is 0. The van der Waals surface area contributed by atoms with Crippen molar-refractivity contribution in [3.63, 3.8) is 0 Å². The van der Waals surface area contributed by atoms with Gasteiger partial charge in [0.1, 0.15) is 0 Å². The molecule has 0 bridgehead atoms. The summed E-state index contributed by atoms with van der Waals surface area (Å²) < 4.78 is 5.64. The van der Waals surface area contributed by atoms with E-state index in [0.29, 0.717) is 17.7 Å². The van der Waals surface area contributed by atoms with Crippen molar-refractivity contribution < 1.29 is 4.74 Å². The molecule has 0 aromatic heterocycles. The molecule has 88 valence electrons. The predicted octanol–water partition coefficient (Wildman–Crippen LogP) is 1.24. The number of nitrogens with one attached hydrogen (secondary N) is 1. The van der Waals surface area contributed by atoms with Crippen LogP contribution in [0, 0.1) is 0 Å². The van der Waals surface area contributed by atoms with Crippen LogP contribution in [0.3, 0.4) is 0 Å². The molecule has 2 rings (SSSR count). The molecule has 0 spiro atoms. The molecule has 2 heterocycles. The van der Waals surface area contributed by atoms with Crippen molar-refractivity contribution >= 4 is 0 Å². The molecule has 1 N–H and O–H groups in total. The van der Waals surface area contributed by atoms with Crippen LogP contribution in [0.5, 0.6) is 0 Å². The summed E-state index contributed by atoms with van der Waals surface area (Å²) in [6, 6.07) is 0.673. The zero-order valence-electron chi connectivity index (χ0n) is 10.3. The highest BCUT2D eigenvalue weighted by Crippen LogP contribution is 2.27. The standard InChI is InChI=1S/C12H24N2O/c1-10-11(4-9-15-10)14-7-5-12(2,13-3)6-8-14/h10-11,13H,4-9H2,1-3H3. The number of hydrogen-bond donors (Lipinski definition) is 1. The molecule has 3 heteroatoms. The summed E-state index contributed by atoms with van der Waals surface area (Å²) in [5.41, 5.74) is 0.360. The van der Waals surface area contributed by atoms with E-state index in [2.05, 4.69) is 31.1 Å². The van der Waals surface area contributed by atoms with Crippen molar-refractivity contribution in [2.24, 2.45) is 0 Å². The van der Waals surface area contributed by atoms with E-state index in [0.717, 1.165) is 6.61 Å². The van der Waals surface area contributed by atoms with Gasteiger partial charge in [-0.2, -0.15) is 0 Å². The van der Waals surface area contributed by atoms with E-state index in [-0.39, 0.29) is 0 Å². The number of nitrogens with zero attached hydrogens (tertiary/aromatic N) is 1. The minimum atomic E-state index is 0.360. The highest BCUT2D eigenvalue weighted by Gasteiger charge is 2.35. The lowest BCUT2D eigenvalue weighted by atomic mass is 9.88. The van der Waals surface area contributed by atoms with Gasteiger partial charge >= 0.3 is 0 Å². The fraction of sp³-hybridized carbons (Fsp3) is 1.00. The van der Waals surface area contributed by atoms with Gasteiger partial charge in [-0.3, -0.25) is 4.90 Å². The molecule has 0 aromatic carbocycles. The maximum atomic E-state index is 5.64. The first-order valence-corrected chi connectivity index (χ1v) is 6.19. The minimum absolute atomic E-state index is 0.360. The summed E-state index contributed by atoms with van der Waals surface area (Å²) in [4.78, 5) is 2.62. The van der Waals surface area contributed by atoms with E-state index in [1.807, 2.05) is 0 Å². The normalized spacial score (nSPS) is 37.0. The Morgan fingerprint density at radius 2 is 2.00 bits per heavy atom. The molecule has 2 aliphatic rings. The van der Waals surface area contributed by atoms with Gasteiger partial charge in [-0.1, -0.05) is 0 Å². The maximum absolute atomic E-state index is 5.64. The molecule has 2 aliphatic heterocycles. The molecule has 0 saturated carbocycles. The molecular formula is C12H24N2O. The zero-order valence-corrected chi connectivity index (χ0v) is 10.3. The smallest absolute Gasteiger partial charge is 0.0703 e. The van der Waals surface area contributed by atoms with Crippen molar-refractivity contribution in [1.82, 2.24) is 10.2 Å². The largest absolute Gasteiger partial charge is 0.377 e. The topological polar surface area (TPSA) is 24.5 Å². The van der Waals surface area contributed by atoms with Crippen LogP contribution in [0.4, 0.5) is 0 Å². The number of ether oxygens (including phenoxy) is 1. The highest BCUT2D eigenvalue weighted by molar-refractivity contribution is 4.92. The number of hydrogen-bond acceptors (Lipinski definition) is 3. The van der Waals surface area contributed by atoms with Crippen molar-refractivity contribution in [2.75, 3.05) is 26.7 Å². The van der Waals surface area contributed by atoms with Gasteiger partial charge in [-0.25, -0.2) is 0 Å². The van der Waals surface area contributed by atoms with E-state index >= 15 is 0 Å². The number of piperidine rings is 1. The third kappa shape index (κ3) is 2.35. The Hall–Kier alpha value is -0.120. The Balaban J connectivity index is 1.88. The maximum Gasteiger partial charge on any atom is 0.0703 e. The highest BCUT2D eigenvalue weighted by atomic mass is 16.5. The van der Waals surface area contributed by atoms with E-state index in [4.69, 9.17) is 4.74 Å². The first-order chi connectivity index (χ1) is 7.14. The summed E-state index contributed by atoms with van der Waals surface area (Å²) in [6.07, 6.45) is 4.17. The van der Waals surface area contributed by atoms with Crippen LogP contribution >= 0.6 is 0 Å². The quantitative estimate of drug-likeness (QED) is 0.745. The molecular weight excluding hydrogens is 188 g/mol. The van der Waals surface area contributed by atoms with Gasteiger partial charge in [0.15, 0.2) is 0 Å². The molecule has 2 saturated heterocycles. The summed E-state index contributed by atoms with van der Waals surface area (Å²) in [6.45, 7) is 7.93. The van der Waals surface area contributed by atoms with Gasteiger partial charge in [0.25, 0.3) is 0 Å². The summed E-state index contributed by atoms with van der Waals surface area (Å²) >= 11 is 0. The monoisotopic (exact) mass is 212 g/mol. The lowest BCUT2D eigenvalue weighted by Gasteiger charge is -2.42. The van der Waals surface area contributed by atoms with E-state index in [1.165, 1.54) is 32.4 Å². The van der Waals surface area contributed by atoms with Crippen molar-refractivity contribution in [3.8, 4) is 0 Å². The van der Waals surface area contributed by atoms with Crippen LogP contribution in [0.15, 0.2) is 0 Å². The molecule has 0 amide bonds. The average Bonchev–Trinajstić information content (AvgIpc) is 2.66. The predicted molar refractivity (Wildman–Crippen MR) is 62.1 cm³/mol. The lowest BCUT2D eigenvalue weighted by Crippen LogP contribution is -2.53. The van der Waals surface area contributed by atoms with E-state index in [9.17, 15) is 0 Å². The molecule has 0 aromatic rings. The van der Waals surface area contributed by atoms with Gasteiger partial charge in [-0.15, -0.1) is 0 Å². The van der Waals surface area contributed by atoms with Gasteiger partial charge in [0, 0.05) is 31.3 Å². The molecule has 2 atom stereocenters. The molecule has 3 nitrogen and oxygen atoms in total. The lowest BCUT2D eigenvalue weighted by molar-refractivity contribution is 0.0502. The Morgan fingerprint density at radius 3 is 2.47 bits per heavy atom. The van der Waals surface area contributed by atoms with E-state index < -0.39 is 0 Å². The number of rotatable bonds is 2. The average molecular weight is 212 g/mol. The van der Waals surface area contributed by atoms with Crippen molar-refractivity contribution in [3.05, 3.63) is 0 Å². The van der Waals surface area contributed by atoms with Gasteiger partial charge < -0.3 is 10.1 Å². The van der Waals surface area contributed by atoms with Gasteiger partial charge in [-0.05, 0) is 40.2 Å². The third-order valence-electron chi connectivity index (χ3n) is 4.31. The van der Waals surface area contributed by atoms with Crippen LogP contribution in [-0.4, -0.2) is 49.3 Å². The van der Waals surface area contributed by atoms with Crippen LogP contribution in [-0.2, 0) is 4.74 Å². The van der Waals surface area contributed by atoms with Crippen molar-refractivity contribution in [2.45, 2.75) is 50.8 Å². The van der Waals surface area contributed by atoms with Crippen LogP contribution in [0.25, 0.3) is 0 Å². The van der Waals surface area contributed by atoms with E-state index in [1.54, 1.807) is 0 Å². The zero-order chi connectivity index (χ0) is 10.9. The second-order valence-electron chi connectivity index (χ2n) is 5.28. The van der Waals surface area contributed by atoms with Gasteiger partial charge in [0.2, 0.25) is 0 Å². The third-order valence-corrected chi connectivity index (χ3v) is 4.31. The second-order valence-corrected chi connectivity index (χ2v) is 5.28. The molecule has 15 heavy (non-hydrogen) atoms. The Morgan fingerprint density at radius 1 is 1.33 bits per heavy atom. The fourth-order valence-corrected chi connectivity index (χ4v) is 2.80. The van der Waals surface area contributed by atoms with Crippen LogP contribution in [0.1, 0.15) is 33.1 Å². The van der Waals surface area contributed by atoms with Crippen molar-refractivity contribution in [1.29, 1.82) is 0 Å². The molecule has 2 fully saturated rings. The minimum Gasteiger partial charge on any atom is -0.377 e. The summed E-state index contributed by atoms with van der Waals surface area (Å²) in [7, 11) is 2.08. The first kappa shape index (κ1) is 11.4. The van der Waals surface area contributed by atoms with Gasteiger partial charge in [0.05, 0.1) is 6.10 Å². The number of likely N-dealkylation sites (tertiary alicyclic amines) is 1. The molecule has 2 unspecified atom stereocenters. The molecule has 0 radical (unpaired) electrons. The fourth-order valence-electron chi connectivity index (χ4n) is 2.80. The summed E-state index contributed by atoms with van der Waals surface area (Å²) in [5, 5.41) is 3.44. The Bertz CT molecular complexity index is 212. The Kier molecular flexibility index (Phi) is 3.33. The van der Waals surface area contributed by atoms with Crippen LogP contribution in [0.2, 0.25) is 0 Å². The van der Waals surface area contributed by atoms with Crippen LogP contribution < -0.4 is 5.32 Å². The SMILES string of the molecule is CNC1(C)CCN(C2CCOC2C)CC1. The second kappa shape index (κ2) is 4.40. The molecule has 0 aliphatic carbocycles. The first-order valence-electron chi connectivity index (χ1n) is 6.19. The Labute approximate surface area is 93.2 Å².